The van der Waals surface area contributed by atoms with Crippen molar-refractivity contribution in [2.24, 2.45) is 11.7 Å². The number of carboxylic acid groups (broad SMARTS) is 2. The van der Waals surface area contributed by atoms with E-state index in [1.165, 1.54) is 24.3 Å². The van der Waals surface area contributed by atoms with Crippen molar-refractivity contribution in [2.75, 3.05) is 6.54 Å². The summed E-state index contributed by atoms with van der Waals surface area (Å²) in [4.78, 5) is 93.1. The second kappa shape index (κ2) is 19.2. The Hall–Kier alpha value is -4.83. The molecule has 2 aromatic rings. The fraction of sp³-hybridized carbons (Fsp3) is 0.419. The summed E-state index contributed by atoms with van der Waals surface area (Å²) >= 11 is 0. The van der Waals surface area contributed by atoms with Gasteiger partial charge < -0.3 is 41.7 Å². The molecule has 0 aliphatic rings. The van der Waals surface area contributed by atoms with Crippen molar-refractivity contribution in [2.45, 2.75) is 70.1 Å². The lowest BCUT2D eigenvalue weighted by Gasteiger charge is -2.24. The number of nitrogens with two attached hydrogens (primary N) is 1. The minimum Gasteiger partial charge on any atom is -0.481 e. The molecule has 4 amide bonds. The van der Waals surface area contributed by atoms with Crippen molar-refractivity contribution in [3.05, 3.63) is 65.7 Å². The molecule has 17 nitrogen and oxygen atoms in total. The van der Waals surface area contributed by atoms with Crippen molar-refractivity contribution in [1.82, 2.24) is 21.3 Å². The SMILES string of the molecule is CC[C@H](C)[C@H](N)C(=O)N[C@@H](Cc1ccc(OP(=O)(O)O)cc1)C(=O)NCC(=O)N[C@@H](CCC(=O)O)C(=O)N[C@@H](Cc1ccccc1)C(=O)O. The third-order valence-corrected chi connectivity index (χ3v) is 7.85. The van der Waals surface area contributed by atoms with E-state index in [-0.39, 0.29) is 30.9 Å². The van der Waals surface area contributed by atoms with Gasteiger partial charge in [0.05, 0.1) is 12.6 Å². The van der Waals surface area contributed by atoms with Crippen LogP contribution in [0.2, 0.25) is 0 Å². The molecule has 0 heterocycles. The molecule has 0 saturated carbocycles. The Labute approximate surface area is 282 Å². The molecule has 0 aliphatic heterocycles. The van der Waals surface area contributed by atoms with Gasteiger partial charge in [-0.05, 0) is 35.6 Å². The third-order valence-electron chi connectivity index (χ3n) is 7.40. The van der Waals surface area contributed by atoms with E-state index in [1.807, 2.05) is 6.92 Å². The highest BCUT2D eigenvalue weighted by atomic mass is 31.2. The molecule has 0 spiro atoms. The first kappa shape index (κ1) is 40.3. The molecule has 10 N–H and O–H groups in total. The molecule has 0 bridgehead atoms. The van der Waals surface area contributed by atoms with Crippen LogP contribution in [0.4, 0.5) is 0 Å². The van der Waals surface area contributed by atoms with E-state index in [9.17, 15) is 38.4 Å². The zero-order valence-corrected chi connectivity index (χ0v) is 27.8. The summed E-state index contributed by atoms with van der Waals surface area (Å²) in [5.74, 6) is -6.32. The molecule has 0 unspecified atom stereocenters. The van der Waals surface area contributed by atoms with Crippen molar-refractivity contribution < 1.29 is 57.9 Å². The highest BCUT2D eigenvalue weighted by Gasteiger charge is 2.29. The molecule has 0 aliphatic carbocycles. The van der Waals surface area contributed by atoms with Crippen LogP contribution >= 0.6 is 7.82 Å². The number of hydrogen-bond donors (Lipinski definition) is 9. The van der Waals surface area contributed by atoms with Crippen LogP contribution in [0, 0.1) is 5.92 Å². The van der Waals surface area contributed by atoms with Gasteiger partial charge in [-0.15, -0.1) is 0 Å². The van der Waals surface area contributed by atoms with E-state index in [1.54, 1.807) is 37.3 Å². The molecule has 0 saturated heterocycles. The number of benzene rings is 2. The second-order valence-electron chi connectivity index (χ2n) is 11.3. The number of carboxylic acids is 2. The molecule has 268 valence electrons. The largest absolute Gasteiger partial charge is 0.524 e. The molecular weight excluding hydrogens is 665 g/mol. The van der Waals surface area contributed by atoms with Crippen LogP contribution in [-0.2, 0) is 46.2 Å². The minimum absolute atomic E-state index is 0.0786. The maximum atomic E-state index is 13.2. The lowest BCUT2D eigenvalue weighted by Crippen LogP contribution is -2.56. The van der Waals surface area contributed by atoms with Crippen LogP contribution in [0.1, 0.15) is 44.2 Å². The zero-order valence-electron chi connectivity index (χ0n) is 26.9. The molecule has 0 aromatic heterocycles. The summed E-state index contributed by atoms with van der Waals surface area (Å²) < 4.78 is 15.6. The van der Waals surface area contributed by atoms with Crippen LogP contribution in [0.5, 0.6) is 5.75 Å². The third kappa shape index (κ3) is 14.9. The predicted molar refractivity (Wildman–Crippen MR) is 174 cm³/mol. The highest BCUT2D eigenvalue weighted by molar-refractivity contribution is 7.46. The van der Waals surface area contributed by atoms with Gasteiger partial charge in [0.25, 0.3) is 0 Å². The van der Waals surface area contributed by atoms with Gasteiger partial charge in [0, 0.05) is 19.3 Å². The summed E-state index contributed by atoms with van der Waals surface area (Å²) in [6.07, 6.45) is -0.562. The number of phosphoric acid groups is 1. The predicted octanol–water partition coefficient (Wildman–Crippen LogP) is -0.163. The summed E-state index contributed by atoms with van der Waals surface area (Å²) in [5.41, 5.74) is 7.08. The van der Waals surface area contributed by atoms with E-state index >= 15 is 0 Å². The number of phosphoric ester groups is 1. The van der Waals surface area contributed by atoms with Crippen molar-refractivity contribution in [3.8, 4) is 5.75 Å². The van der Waals surface area contributed by atoms with E-state index in [2.05, 4.69) is 25.8 Å². The van der Waals surface area contributed by atoms with Crippen molar-refractivity contribution >= 4 is 43.4 Å². The van der Waals surface area contributed by atoms with Crippen LogP contribution < -0.4 is 31.5 Å². The van der Waals surface area contributed by atoms with Crippen LogP contribution in [-0.4, -0.2) is 86.3 Å². The highest BCUT2D eigenvalue weighted by Crippen LogP contribution is 2.37. The first-order valence-corrected chi connectivity index (χ1v) is 16.8. The first-order valence-electron chi connectivity index (χ1n) is 15.2. The lowest BCUT2D eigenvalue weighted by molar-refractivity contribution is -0.143. The Bertz CT molecular complexity index is 1500. The number of rotatable bonds is 20. The van der Waals surface area contributed by atoms with Gasteiger partial charge in [-0.2, -0.15) is 0 Å². The summed E-state index contributed by atoms with van der Waals surface area (Å²) in [5, 5.41) is 28.4. The Morgan fingerprint density at radius 2 is 1.37 bits per heavy atom. The number of carbonyl (C=O) groups is 6. The van der Waals surface area contributed by atoms with E-state index in [0.717, 1.165) is 0 Å². The van der Waals surface area contributed by atoms with Gasteiger partial charge in [-0.3, -0.25) is 33.8 Å². The molecule has 0 radical (unpaired) electrons. The Balaban J connectivity index is 2.15. The van der Waals surface area contributed by atoms with Gasteiger partial charge >= 0.3 is 19.8 Å². The average Bonchev–Trinajstić information content (AvgIpc) is 3.04. The molecule has 2 rings (SSSR count). The van der Waals surface area contributed by atoms with E-state index in [0.29, 0.717) is 17.5 Å². The van der Waals surface area contributed by atoms with Crippen LogP contribution in [0.3, 0.4) is 0 Å². The van der Waals surface area contributed by atoms with E-state index < -0.39 is 80.5 Å². The first-order chi connectivity index (χ1) is 23.0. The lowest BCUT2D eigenvalue weighted by atomic mass is 9.98. The number of amides is 4. The van der Waals surface area contributed by atoms with Gasteiger partial charge in [0.15, 0.2) is 0 Å². The topological polar surface area (TPSA) is 284 Å². The smallest absolute Gasteiger partial charge is 0.481 e. The molecule has 5 atom stereocenters. The molecule has 49 heavy (non-hydrogen) atoms. The maximum absolute atomic E-state index is 13.2. The molecule has 18 heteroatoms. The molecule has 0 fully saturated rings. The fourth-order valence-electron chi connectivity index (χ4n) is 4.44. The van der Waals surface area contributed by atoms with E-state index in [4.69, 9.17) is 20.6 Å². The Morgan fingerprint density at radius 3 is 1.92 bits per heavy atom. The van der Waals surface area contributed by atoms with Gasteiger partial charge in [0.1, 0.15) is 23.9 Å². The van der Waals surface area contributed by atoms with Gasteiger partial charge in [0.2, 0.25) is 23.6 Å². The van der Waals surface area contributed by atoms with Gasteiger partial charge in [-0.1, -0.05) is 62.7 Å². The summed E-state index contributed by atoms with van der Waals surface area (Å²) in [7, 11) is -4.81. The van der Waals surface area contributed by atoms with Crippen LogP contribution in [0.25, 0.3) is 0 Å². The second-order valence-corrected chi connectivity index (χ2v) is 12.4. The fourth-order valence-corrected chi connectivity index (χ4v) is 4.84. The van der Waals surface area contributed by atoms with Crippen molar-refractivity contribution in [3.63, 3.8) is 0 Å². The Kier molecular flexibility index (Phi) is 15.8. The number of hydrogen-bond acceptors (Lipinski definition) is 9. The van der Waals surface area contributed by atoms with Crippen LogP contribution in [0.15, 0.2) is 54.6 Å². The van der Waals surface area contributed by atoms with Gasteiger partial charge in [-0.25, -0.2) is 9.36 Å². The number of carbonyl (C=O) groups excluding carboxylic acids is 4. The summed E-state index contributed by atoms with van der Waals surface area (Å²) in [6, 6.07) is 8.68. The zero-order chi connectivity index (χ0) is 36.7. The maximum Gasteiger partial charge on any atom is 0.524 e. The Morgan fingerprint density at radius 1 is 0.796 bits per heavy atom. The number of nitrogens with one attached hydrogen (secondary N) is 4. The minimum atomic E-state index is -4.81. The average molecular weight is 708 g/mol. The standard InChI is InChI=1S/C31H42N5O12P/c1-3-18(2)27(32)30(42)35-23(15-20-9-11-21(12-10-20)48-49(45,46)47)28(40)33-17-25(37)34-22(13-14-26(38)39)29(41)36-24(31(43)44)16-19-7-5-4-6-8-19/h4-12,18,22-24,27H,3,13-17,32H2,1-2H3,(H,33,40)(H,34,37)(H,35,42)(H,36,41)(H,38,39)(H,43,44)(H2,45,46,47)/t18-,22-,23-,24-,27-/m0/s1. The summed E-state index contributed by atoms with van der Waals surface area (Å²) in [6.45, 7) is 2.87. The van der Waals surface area contributed by atoms with Crippen molar-refractivity contribution in [1.29, 1.82) is 0 Å². The molecule has 2 aromatic carbocycles. The molecular formula is C31H42N5O12P. The quantitative estimate of drug-likeness (QED) is 0.0810. The normalized spacial score (nSPS) is 14.2. The monoisotopic (exact) mass is 707 g/mol. The number of aliphatic carboxylic acids is 2.